The minimum atomic E-state index is -0.762. The fraction of sp³-hybridized carbons (Fsp3) is 0.722. The summed E-state index contributed by atoms with van der Waals surface area (Å²) in [4.78, 5) is 34.6. The van der Waals surface area contributed by atoms with E-state index in [0.717, 1.165) is 107 Å². The lowest BCUT2D eigenvalue weighted by Crippen LogP contribution is -2.55. The summed E-state index contributed by atoms with van der Waals surface area (Å²) in [6.45, 7) is 2.95. The van der Waals surface area contributed by atoms with Crippen LogP contribution in [0.2, 0.25) is 0 Å². The molecule has 5 N–H and O–H groups in total. The molecule has 5 aliphatic carbocycles. The smallest absolute Gasteiger partial charge is 0.303 e. The van der Waals surface area contributed by atoms with Gasteiger partial charge in [0.25, 0.3) is 0 Å². The van der Waals surface area contributed by atoms with E-state index >= 15 is 0 Å². The van der Waals surface area contributed by atoms with E-state index in [1.165, 1.54) is 51.0 Å². The van der Waals surface area contributed by atoms with Gasteiger partial charge in [-0.2, -0.15) is 0 Å². The predicted octanol–water partition coefficient (Wildman–Crippen LogP) is 10.5. The van der Waals surface area contributed by atoms with Crippen LogP contribution in [0.3, 0.4) is 0 Å². The fourth-order valence-corrected chi connectivity index (χ4v) is 18.7. The number of aromatic hydroxyl groups is 1. The highest BCUT2D eigenvalue weighted by Gasteiger charge is 2.58. The molecule has 66 heavy (non-hydrogen) atoms. The molecule has 10 nitrogen and oxygen atoms in total. The van der Waals surface area contributed by atoms with E-state index in [9.17, 15) is 19.8 Å². The van der Waals surface area contributed by atoms with Crippen molar-refractivity contribution in [1.82, 2.24) is 10.2 Å². The zero-order valence-corrected chi connectivity index (χ0v) is 41.2. The Hall–Kier alpha value is -3.09. The SMILES string of the molecule is CC(=O)OC12CCc3cc(c(O)c4c3CCC3CCCC3O4)CN3CC4(CC3=O)C(CCC4c3ccccc3)CN=C(N)NC3(CCCC34CCCC4)SSCCCCCC(CC1)C(O)C2. The number of carbonyl (C=O) groups excluding carboxylic acids is 2. The maximum absolute atomic E-state index is 14.7. The molecule has 0 aromatic heterocycles. The first-order chi connectivity index (χ1) is 32.0. The average Bonchev–Trinajstić information content (AvgIpc) is 4.13. The van der Waals surface area contributed by atoms with E-state index in [2.05, 4.69) is 41.7 Å². The second-order valence-electron chi connectivity index (χ2n) is 22.3. The molecule has 9 aliphatic rings. The minimum absolute atomic E-state index is 0.0710. The quantitative estimate of drug-likeness (QED) is 0.170. The van der Waals surface area contributed by atoms with Crippen LogP contribution in [0.5, 0.6) is 11.5 Å². The van der Waals surface area contributed by atoms with Gasteiger partial charge in [0.05, 0.1) is 6.10 Å². The normalized spacial score (nSPS) is 36.2. The third-order valence-electron chi connectivity index (χ3n) is 18.6. The molecule has 1 amide bonds. The number of nitrogens with one attached hydrogen (secondary N) is 1. The van der Waals surface area contributed by atoms with Crippen LogP contribution in [0.25, 0.3) is 0 Å². The number of rotatable bonds is 2. The Morgan fingerprint density at radius 2 is 1.71 bits per heavy atom. The van der Waals surface area contributed by atoms with Crippen molar-refractivity contribution in [3.05, 3.63) is 58.7 Å². The van der Waals surface area contributed by atoms with E-state index in [1.54, 1.807) is 0 Å². The molecule has 1 saturated heterocycles. The van der Waals surface area contributed by atoms with Gasteiger partial charge in [0.15, 0.2) is 17.5 Å². The number of fused-ring (bicyclic) bond motifs is 13. The third kappa shape index (κ3) is 8.99. The molecule has 4 aliphatic heterocycles. The Kier molecular flexibility index (Phi) is 13.7. The van der Waals surface area contributed by atoms with Crippen LogP contribution in [-0.2, 0) is 33.7 Å². The van der Waals surface area contributed by atoms with Crippen LogP contribution >= 0.6 is 21.6 Å². The van der Waals surface area contributed by atoms with Crippen LogP contribution < -0.4 is 15.8 Å². The Morgan fingerprint density at radius 3 is 2.53 bits per heavy atom. The number of carbonyl (C=O) groups is 2. The number of aliphatic imine (C=N–C) groups is 1. The summed E-state index contributed by atoms with van der Waals surface area (Å²) >= 11 is 0. The van der Waals surface area contributed by atoms with Gasteiger partial charge in [-0.15, -0.1) is 0 Å². The summed E-state index contributed by atoms with van der Waals surface area (Å²) in [5.41, 5.74) is 10.3. The second-order valence-corrected chi connectivity index (χ2v) is 25.0. The largest absolute Gasteiger partial charge is 0.504 e. The number of hydrogen-bond acceptors (Lipinski definition) is 11. The van der Waals surface area contributed by atoms with E-state index < -0.39 is 11.7 Å². The van der Waals surface area contributed by atoms with Gasteiger partial charge < -0.3 is 35.6 Å². The van der Waals surface area contributed by atoms with E-state index in [4.69, 9.17) is 20.2 Å². The number of nitrogens with two attached hydrogens (primary N) is 1. The first kappa shape index (κ1) is 46.6. The molecular formula is C54H76N4O6S2. The highest BCUT2D eigenvalue weighted by Crippen LogP contribution is 2.63. The number of nitrogens with zero attached hydrogens (tertiary/aromatic N) is 2. The lowest BCUT2D eigenvalue weighted by atomic mass is 9.68. The van der Waals surface area contributed by atoms with Crippen molar-refractivity contribution in [2.45, 2.75) is 196 Å². The molecular weight excluding hydrogens is 865 g/mol. The summed E-state index contributed by atoms with van der Waals surface area (Å²) in [7, 11) is 4.03. The van der Waals surface area contributed by atoms with E-state index in [1.807, 2.05) is 26.5 Å². The summed E-state index contributed by atoms with van der Waals surface area (Å²) in [6.07, 6.45) is 23.1. The number of phenolic OH excluding ortho intramolecular Hbond substituents is 1. The molecule has 12 heteroatoms. The molecule has 360 valence electrons. The number of guanidine groups is 1. The van der Waals surface area contributed by atoms with E-state index in [0.29, 0.717) is 68.5 Å². The fourth-order valence-electron chi connectivity index (χ4n) is 15.1. The number of ether oxygens (including phenoxy) is 2. The van der Waals surface area contributed by atoms with Gasteiger partial charge in [-0.3, -0.25) is 14.6 Å². The monoisotopic (exact) mass is 941 g/mol. The molecule has 2 aromatic carbocycles. The lowest BCUT2D eigenvalue weighted by molar-refractivity contribution is -0.168. The number of esters is 1. The van der Waals surface area contributed by atoms with Crippen LogP contribution in [0.15, 0.2) is 41.4 Å². The topological polar surface area (TPSA) is 147 Å². The van der Waals surface area contributed by atoms with Gasteiger partial charge in [0.2, 0.25) is 5.91 Å². The predicted molar refractivity (Wildman–Crippen MR) is 264 cm³/mol. The maximum Gasteiger partial charge on any atom is 0.303 e. The standard InChI is InChI=1S/C54H76N4O6S2/c1-36(59)64-52-27-21-38(45(60)31-52)14-6-3-9-29-65-66-54(26-11-25-51(54)23-7-8-24-51)57-50(55)56-33-42-18-20-44(37-12-4-2-5-13-37)53(42)32-47(61)58(35-53)34-41-30-40(22-28-52)43-19-17-39-15-10-16-46(39)63-49(43)48(41)62/h2,4-5,12-13,30,38-39,42,44-46,60,62H,3,6-11,14-29,31-35H2,1H3,(H3,55,56,57). The van der Waals surface area contributed by atoms with Crippen molar-refractivity contribution < 1.29 is 29.3 Å². The Morgan fingerprint density at radius 1 is 0.894 bits per heavy atom. The van der Waals surface area contributed by atoms with Crippen molar-refractivity contribution in [1.29, 1.82) is 0 Å². The van der Waals surface area contributed by atoms with Crippen LogP contribution in [0, 0.1) is 28.6 Å². The van der Waals surface area contributed by atoms with Crippen LogP contribution in [0.4, 0.5) is 0 Å². The van der Waals surface area contributed by atoms with Gasteiger partial charge in [-0.05, 0) is 156 Å². The van der Waals surface area contributed by atoms with Crippen molar-refractivity contribution in [2.24, 2.45) is 39.3 Å². The summed E-state index contributed by atoms with van der Waals surface area (Å²) in [5.74, 6) is 3.20. The van der Waals surface area contributed by atoms with Crippen molar-refractivity contribution in [3.8, 4) is 11.5 Å². The number of aliphatic hydroxyl groups excluding tert-OH is 1. The maximum atomic E-state index is 14.7. The summed E-state index contributed by atoms with van der Waals surface area (Å²) in [5, 5.41) is 28.0. The van der Waals surface area contributed by atoms with Gasteiger partial charge in [-0.25, -0.2) is 0 Å². The Balaban J connectivity index is 1.00. The third-order valence-corrected chi connectivity index (χ3v) is 21.9. The number of phenols is 1. The molecule has 3 spiro atoms. The van der Waals surface area contributed by atoms with Crippen molar-refractivity contribution in [3.63, 3.8) is 0 Å². The van der Waals surface area contributed by atoms with Gasteiger partial charge in [-0.1, -0.05) is 77.6 Å². The molecule has 11 rings (SSSR count). The van der Waals surface area contributed by atoms with Gasteiger partial charge in [0.1, 0.15) is 16.6 Å². The summed E-state index contributed by atoms with van der Waals surface area (Å²) < 4.78 is 13.1. The minimum Gasteiger partial charge on any atom is -0.504 e. The van der Waals surface area contributed by atoms with Crippen molar-refractivity contribution >= 4 is 39.4 Å². The van der Waals surface area contributed by atoms with Crippen LogP contribution in [0.1, 0.15) is 176 Å². The lowest BCUT2D eigenvalue weighted by Gasteiger charge is -2.44. The second kappa shape index (κ2) is 19.4. The molecule has 5 saturated carbocycles. The first-order valence-corrected chi connectivity index (χ1v) is 28.4. The highest BCUT2D eigenvalue weighted by molar-refractivity contribution is 8.77. The number of aliphatic hydroxyl groups is 1. The molecule has 6 bridgehead atoms. The number of benzene rings is 2. The zero-order chi connectivity index (χ0) is 45.5. The number of hydrogen-bond donors (Lipinski definition) is 4. The first-order valence-electron chi connectivity index (χ1n) is 26.1. The van der Waals surface area contributed by atoms with E-state index in [-0.39, 0.29) is 57.2 Å². The molecule has 9 atom stereocenters. The average molecular weight is 941 g/mol. The number of aryl methyl sites for hydroxylation is 1. The zero-order valence-electron chi connectivity index (χ0n) is 39.5. The molecule has 6 fully saturated rings. The molecule has 2 aromatic rings. The van der Waals surface area contributed by atoms with Gasteiger partial charge in [0, 0.05) is 67.1 Å². The highest BCUT2D eigenvalue weighted by atomic mass is 33.1. The summed E-state index contributed by atoms with van der Waals surface area (Å²) in [6, 6.07) is 12.9. The number of amides is 1. The van der Waals surface area contributed by atoms with Crippen LogP contribution in [-0.4, -0.2) is 74.5 Å². The molecule has 4 heterocycles. The Bertz CT molecular complexity index is 2110. The molecule has 9 unspecified atom stereocenters. The van der Waals surface area contributed by atoms with Crippen molar-refractivity contribution in [2.75, 3.05) is 18.8 Å². The van der Waals surface area contributed by atoms with Gasteiger partial charge >= 0.3 is 5.97 Å². The Labute approximate surface area is 401 Å². The molecule has 0 radical (unpaired) electrons.